The molecule has 0 saturated heterocycles. The van der Waals surface area contributed by atoms with Gasteiger partial charge in [0, 0.05) is 5.56 Å². The number of hydrogen-bond acceptors (Lipinski definition) is 4. The fraction of sp³-hybridized carbons (Fsp3) is 0.100. The Morgan fingerprint density at radius 3 is 2.64 bits per heavy atom. The Hall–Kier alpha value is -1.42. The number of rotatable bonds is 2. The van der Waals surface area contributed by atoms with Gasteiger partial charge < -0.3 is 0 Å². The molecule has 0 N–H and O–H groups in total. The smallest absolute Gasteiger partial charge is 0.110 e. The zero-order valence-electron chi connectivity index (χ0n) is 7.71. The summed E-state index contributed by atoms with van der Waals surface area (Å²) >= 11 is 1.63. The molecule has 0 saturated carbocycles. The Labute approximate surface area is 86.6 Å². The first-order valence-corrected chi connectivity index (χ1v) is 5.42. The quantitative estimate of drug-likeness (QED) is 0.702. The van der Waals surface area contributed by atoms with Crippen LogP contribution in [0.25, 0.3) is 11.3 Å². The zero-order chi connectivity index (χ0) is 9.80. The molecule has 0 aliphatic heterocycles. The van der Waals surface area contributed by atoms with Crippen LogP contribution in [0.1, 0.15) is 0 Å². The molecule has 2 aromatic rings. The Morgan fingerprint density at radius 1 is 1.14 bits per heavy atom. The molecular weight excluding hydrogens is 194 g/mol. The van der Waals surface area contributed by atoms with Crippen LogP contribution >= 0.6 is 11.8 Å². The van der Waals surface area contributed by atoms with Gasteiger partial charge in [-0.25, -0.2) is 0 Å². The third kappa shape index (κ3) is 1.75. The first-order chi connectivity index (χ1) is 6.92. The molecule has 0 aliphatic rings. The molecule has 0 unspecified atom stereocenters. The first-order valence-electron chi connectivity index (χ1n) is 4.19. The van der Waals surface area contributed by atoms with Gasteiger partial charge in [0.05, 0.1) is 11.1 Å². The molecule has 0 bridgehead atoms. The summed E-state index contributed by atoms with van der Waals surface area (Å²) in [6, 6.07) is 9.99. The average Bonchev–Trinajstić information content (AvgIpc) is 2.30. The second-order valence-corrected chi connectivity index (χ2v) is 3.57. The molecule has 70 valence electrons. The van der Waals surface area contributed by atoms with E-state index in [1.807, 2.05) is 36.6 Å². The normalized spacial score (nSPS) is 10.1. The van der Waals surface area contributed by atoms with Gasteiger partial charge in [-0.15, -0.1) is 22.0 Å². The van der Waals surface area contributed by atoms with Crippen LogP contribution in [-0.4, -0.2) is 21.7 Å². The molecular formula is C10H9N3S. The van der Waals surface area contributed by atoms with Crippen molar-refractivity contribution in [3.63, 3.8) is 0 Å². The van der Waals surface area contributed by atoms with E-state index in [9.17, 15) is 0 Å². The highest BCUT2D eigenvalue weighted by atomic mass is 32.2. The van der Waals surface area contributed by atoms with E-state index in [0.29, 0.717) is 0 Å². The van der Waals surface area contributed by atoms with Gasteiger partial charge in [-0.1, -0.05) is 30.3 Å². The summed E-state index contributed by atoms with van der Waals surface area (Å²) < 4.78 is 0. The van der Waals surface area contributed by atoms with Crippen molar-refractivity contribution in [2.24, 2.45) is 0 Å². The molecule has 14 heavy (non-hydrogen) atoms. The van der Waals surface area contributed by atoms with Crippen LogP contribution in [0.15, 0.2) is 41.4 Å². The molecule has 2 rings (SSSR count). The van der Waals surface area contributed by atoms with Crippen LogP contribution < -0.4 is 0 Å². The highest BCUT2D eigenvalue weighted by Gasteiger charge is 2.05. The van der Waals surface area contributed by atoms with Crippen molar-refractivity contribution < 1.29 is 0 Å². The highest BCUT2D eigenvalue weighted by molar-refractivity contribution is 7.98. The van der Waals surface area contributed by atoms with Crippen molar-refractivity contribution in [1.82, 2.24) is 15.4 Å². The Bertz CT molecular complexity index is 417. The topological polar surface area (TPSA) is 38.7 Å². The lowest BCUT2D eigenvalue weighted by atomic mass is 10.1. The van der Waals surface area contributed by atoms with Gasteiger partial charge in [0.25, 0.3) is 0 Å². The highest BCUT2D eigenvalue weighted by Crippen LogP contribution is 2.25. The molecule has 0 amide bonds. The summed E-state index contributed by atoms with van der Waals surface area (Å²) in [5, 5.41) is 11.5. The Kier molecular flexibility index (Phi) is 2.74. The van der Waals surface area contributed by atoms with E-state index in [2.05, 4.69) is 15.4 Å². The summed E-state index contributed by atoms with van der Waals surface area (Å²) in [6.45, 7) is 0. The maximum absolute atomic E-state index is 4.04. The Balaban J connectivity index is 2.51. The van der Waals surface area contributed by atoms with Crippen LogP contribution in [-0.2, 0) is 0 Å². The summed E-state index contributed by atoms with van der Waals surface area (Å²) in [5.41, 5.74) is 1.97. The summed E-state index contributed by atoms with van der Waals surface area (Å²) in [4.78, 5) is 1.05. The molecule has 0 atom stereocenters. The van der Waals surface area contributed by atoms with Crippen molar-refractivity contribution in [3.8, 4) is 11.3 Å². The molecule has 1 heterocycles. The lowest BCUT2D eigenvalue weighted by molar-refractivity contribution is 0.845. The van der Waals surface area contributed by atoms with Gasteiger partial charge in [-0.2, -0.15) is 0 Å². The number of aromatic nitrogens is 3. The average molecular weight is 203 g/mol. The summed E-state index contributed by atoms with van der Waals surface area (Å²) in [6.07, 6.45) is 3.74. The predicted molar refractivity (Wildman–Crippen MR) is 57.0 cm³/mol. The summed E-state index contributed by atoms with van der Waals surface area (Å²) in [7, 11) is 0. The van der Waals surface area contributed by atoms with E-state index in [1.54, 1.807) is 18.0 Å². The van der Waals surface area contributed by atoms with E-state index in [1.165, 1.54) is 0 Å². The van der Waals surface area contributed by atoms with Crippen molar-refractivity contribution in [2.45, 2.75) is 4.90 Å². The van der Waals surface area contributed by atoms with Crippen molar-refractivity contribution in [3.05, 3.63) is 36.5 Å². The molecule has 0 aliphatic carbocycles. The maximum Gasteiger partial charge on any atom is 0.110 e. The van der Waals surface area contributed by atoms with E-state index >= 15 is 0 Å². The van der Waals surface area contributed by atoms with Crippen molar-refractivity contribution >= 4 is 11.8 Å². The lowest BCUT2D eigenvalue weighted by Crippen LogP contribution is -1.92. The number of hydrogen-bond donors (Lipinski definition) is 0. The molecule has 1 aromatic heterocycles. The van der Waals surface area contributed by atoms with Gasteiger partial charge >= 0.3 is 0 Å². The van der Waals surface area contributed by atoms with Gasteiger partial charge in [0.15, 0.2) is 0 Å². The van der Waals surface area contributed by atoms with Gasteiger partial charge in [0.2, 0.25) is 0 Å². The van der Waals surface area contributed by atoms with E-state index < -0.39 is 0 Å². The second kappa shape index (κ2) is 4.19. The SMILES string of the molecule is CSc1cnnnc1-c1ccccc1. The van der Waals surface area contributed by atoms with E-state index in [0.717, 1.165) is 16.2 Å². The summed E-state index contributed by atoms with van der Waals surface area (Å²) in [5.74, 6) is 0. The van der Waals surface area contributed by atoms with Gasteiger partial charge in [-0.05, 0) is 11.5 Å². The van der Waals surface area contributed by atoms with E-state index in [4.69, 9.17) is 0 Å². The maximum atomic E-state index is 4.04. The molecule has 1 aromatic carbocycles. The standard InChI is InChI=1S/C10H9N3S/c1-14-9-7-11-13-12-10(9)8-5-3-2-4-6-8/h2-7H,1H3. The van der Waals surface area contributed by atoms with Gasteiger partial charge in [-0.3, -0.25) is 0 Å². The van der Waals surface area contributed by atoms with Gasteiger partial charge in [0.1, 0.15) is 5.69 Å². The molecule has 0 fully saturated rings. The van der Waals surface area contributed by atoms with E-state index in [-0.39, 0.29) is 0 Å². The minimum Gasteiger partial charge on any atom is -0.138 e. The largest absolute Gasteiger partial charge is 0.138 e. The predicted octanol–water partition coefficient (Wildman–Crippen LogP) is 2.26. The first kappa shape index (κ1) is 9.15. The number of thioether (sulfide) groups is 1. The lowest BCUT2D eigenvalue weighted by Gasteiger charge is -2.02. The fourth-order valence-corrected chi connectivity index (χ4v) is 1.71. The molecule has 4 heteroatoms. The monoisotopic (exact) mass is 203 g/mol. The van der Waals surface area contributed by atoms with Crippen LogP contribution in [0.3, 0.4) is 0 Å². The van der Waals surface area contributed by atoms with Crippen LogP contribution in [0.2, 0.25) is 0 Å². The number of benzene rings is 1. The third-order valence-corrected chi connectivity index (χ3v) is 2.61. The number of nitrogens with zero attached hydrogens (tertiary/aromatic N) is 3. The van der Waals surface area contributed by atoms with Crippen LogP contribution in [0.4, 0.5) is 0 Å². The Morgan fingerprint density at radius 2 is 1.93 bits per heavy atom. The molecule has 0 radical (unpaired) electrons. The van der Waals surface area contributed by atoms with Crippen molar-refractivity contribution in [2.75, 3.05) is 6.26 Å². The third-order valence-electron chi connectivity index (χ3n) is 1.87. The minimum atomic E-state index is 0.896. The molecule has 3 nitrogen and oxygen atoms in total. The molecule has 0 spiro atoms. The zero-order valence-corrected chi connectivity index (χ0v) is 8.53. The van der Waals surface area contributed by atoms with Crippen LogP contribution in [0.5, 0.6) is 0 Å². The minimum absolute atomic E-state index is 0.896. The second-order valence-electron chi connectivity index (χ2n) is 2.72. The van der Waals surface area contributed by atoms with Crippen molar-refractivity contribution in [1.29, 1.82) is 0 Å². The van der Waals surface area contributed by atoms with Crippen LogP contribution in [0, 0.1) is 0 Å². The fourth-order valence-electron chi connectivity index (χ4n) is 1.20.